The Morgan fingerprint density at radius 1 is 0.926 bits per heavy atom. The van der Waals surface area contributed by atoms with Gasteiger partial charge in [0, 0.05) is 25.8 Å². The van der Waals surface area contributed by atoms with Crippen LogP contribution in [0.2, 0.25) is 0 Å². The summed E-state index contributed by atoms with van der Waals surface area (Å²) in [4.78, 5) is 8.82. The minimum atomic E-state index is -0.375. The van der Waals surface area contributed by atoms with E-state index in [1.807, 2.05) is 19.1 Å². The third-order valence-electron chi connectivity index (χ3n) is 4.30. The molecule has 0 bridgehead atoms. The van der Waals surface area contributed by atoms with Crippen LogP contribution in [0.25, 0.3) is 32.4 Å². The second-order valence-corrected chi connectivity index (χ2v) is 6.62. The Bertz CT molecular complexity index is 997. The zero-order chi connectivity index (χ0) is 18.7. The van der Waals surface area contributed by atoms with Gasteiger partial charge in [0.2, 0.25) is 0 Å². The molecule has 0 amide bonds. The van der Waals surface area contributed by atoms with Crippen molar-refractivity contribution in [1.29, 1.82) is 0 Å². The molecule has 1 aromatic heterocycles. The van der Waals surface area contributed by atoms with E-state index in [2.05, 4.69) is 46.4 Å². The van der Waals surface area contributed by atoms with Crippen LogP contribution in [0.3, 0.4) is 0 Å². The molecule has 3 aromatic carbocycles. The molecule has 1 radical (unpaired) electrons. The summed E-state index contributed by atoms with van der Waals surface area (Å²) in [5.74, 6) is 0. The first kappa shape index (κ1) is 21.4. The summed E-state index contributed by atoms with van der Waals surface area (Å²) in [5.41, 5.74) is 2.00. The number of hydrogen-bond donors (Lipinski definition) is 2. The van der Waals surface area contributed by atoms with Crippen molar-refractivity contribution in [2.75, 3.05) is 0 Å². The Balaban J connectivity index is 0.000000285. The molecule has 4 nitrogen and oxygen atoms in total. The van der Waals surface area contributed by atoms with E-state index in [-0.39, 0.29) is 32.3 Å². The fraction of sp³-hybridized carbons (Fsp3) is 0.273. The van der Waals surface area contributed by atoms with Crippen LogP contribution in [0.15, 0.2) is 48.8 Å². The predicted octanol–water partition coefficient (Wildman–Crippen LogP) is 4.18. The van der Waals surface area contributed by atoms with E-state index in [1.54, 1.807) is 20.2 Å². The first-order chi connectivity index (χ1) is 12.5. The zero-order valence-corrected chi connectivity index (χ0v) is 18.0. The number of aryl methyl sites for hydroxylation is 1. The van der Waals surface area contributed by atoms with E-state index >= 15 is 0 Å². The molecule has 0 aliphatic rings. The summed E-state index contributed by atoms with van der Waals surface area (Å²) in [7, 11) is 0. The van der Waals surface area contributed by atoms with Crippen LogP contribution in [0.5, 0.6) is 0 Å². The van der Waals surface area contributed by atoms with Crippen LogP contribution in [0.1, 0.15) is 26.0 Å². The number of aliphatic hydroxyl groups excluding tert-OH is 2. The Kier molecular flexibility index (Phi) is 7.40. The number of hydrogen-bond acceptors (Lipinski definition) is 4. The van der Waals surface area contributed by atoms with Crippen molar-refractivity contribution in [3.63, 3.8) is 0 Å². The van der Waals surface area contributed by atoms with Gasteiger partial charge in [0.25, 0.3) is 0 Å². The maximum Gasteiger partial charge on any atom is 0.105 e. The van der Waals surface area contributed by atoms with E-state index in [0.29, 0.717) is 6.42 Å². The summed E-state index contributed by atoms with van der Waals surface area (Å²) < 4.78 is 0. The largest absolute Gasteiger partial charge is 0.393 e. The molecule has 4 rings (SSSR count). The van der Waals surface area contributed by atoms with E-state index in [4.69, 9.17) is 10.2 Å². The monoisotopic (exact) mass is 540 g/mol. The summed E-state index contributed by atoms with van der Waals surface area (Å²) >= 11 is 0. The molecule has 5 heteroatoms. The number of aliphatic hydroxyl groups is 2. The second-order valence-electron chi connectivity index (χ2n) is 6.62. The molecule has 0 saturated heterocycles. The summed E-state index contributed by atoms with van der Waals surface area (Å²) in [6.07, 6.45) is 1.35. The predicted molar refractivity (Wildman–Crippen MR) is 106 cm³/mol. The van der Waals surface area contributed by atoms with Crippen molar-refractivity contribution in [3.8, 4) is 0 Å². The number of nitrogens with zero attached hydrogens (tertiary/aromatic N) is 2. The van der Waals surface area contributed by atoms with Gasteiger partial charge in [-0.2, -0.15) is 0 Å². The van der Waals surface area contributed by atoms with E-state index < -0.39 is 0 Å². The van der Waals surface area contributed by atoms with Crippen molar-refractivity contribution < 1.29 is 30.3 Å². The van der Waals surface area contributed by atoms with Crippen LogP contribution < -0.4 is 0 Å². The smallest absolute Gasteiger partial charge is 0.105 e. The number of fused-ring (bicyclic) bond motifs is 6. The van der Waals surface area contributed by atoms with Gasteiger partial charge in [-0.25, -0.2) is 4.98 Å². The van der Waals surface area contributed by atoms with Gasteiger partial charge in [-0.1, -0.05) is 35.0 Å². The van der Waals surface area contributed by atoms with Crippen LogP contribution in [-0.2, 0) is 20.1 Å². The average molecular weight is 540 g/mol. The quantitative estimate of drug-likeness (QED) is 0.296. The first-order valence-corrected chi connectivity index (χ1v) is 8.77. The molecule has 0 fully saturated rings. The molecule has 1 heterocycles. The molecule has 0 aliphatic heterocycles. The van der Waals surface area contributed by atoms with Crippen molar-refractivity contribution in [2.45, 2.75) is 39.4 Å². The fourth-order valence-corrected chi connectivity index (χ4v) is 3.27. The van der Waals surface area contributed by atoms with Crippen molar-refractivity contribution in [2.24, 2.45) is 0 Å². The van der Waals surface area contributed by atoms with Gasteiger partial charge in [-0.3, -0.25) is 4.98 Å². The maximum absolute atomic E-state index is 8.56. The van der Waals surface area contributed by atoms with Crippen molar-refractivity contribution in [3.05, 3.63) is 60.6 Å². The standard InChI is InChI=1S/C17H11N2.C5H12O2.Ir/c1-11-16-14-8-4-2-6-12(14)13-7-3-5-9-15(13)17(16)19-10-18-11;1-4(6)3-5(2)7;/h2-8,10H,1H3;4-7H,3H2,1-2H3;/q-1;;. The van der Waals surface area contributed by atoms with E-state index in [9.17, 15) is 0 Å². The topological polar surface area (TPSA) is 66.2 Å². The Labute approximate surface area is 172 Å². The third-order valence-corrected chi connectivity index (χ3v) is 4.30. The summed E-state index contributed by atoms with van der Waals surface area (Å²) in [5, 5.41) is 23.0. The molecular formula is C22H23IrN2O2-. The SMILES string of the molecule is CC(O)CC(C)O.Cc1ncnc2c3[c-]cccc3c3ccccc3c12.[Ir]. The van der Waals surface area contributed by atoms with Crippen LogP contribution >= 0.6 is 0 Å². The maximum atomic E-state index is 8.56. The van der Waals surface area contributed by atoms with Gasteiger partial charge >= 0.3 is 0 Å². The van der Waals surface area contributed by atoms with Gasteiger partial charge in [-0.05, 0) is 43.5 Å². The van der Waals surface area contributed by atoms with Crippen LogP contribution in [0, 0.1) is 13.0 Å². The Morgan fingerprint density at radius 2 is 1.56 bits per heavy atom. The van der Waals surface area contributed by atoms with Crippen molar-refractivity contribution >= 4 is 32.4 Å². The first-order valence-electron chi connectivity index (χ1n) is 8.77. The molecule has 0 saturated carbocycles. The number of rotatable bonds is 2. The minimum Gasteiger partial charge on any atom is -0.393 e. The third kappa shape index (κ3) is 4.68. The fourth-order valence-electron chi connectivity index (χ4n) is 3.27. The van der Waals surface area contributed by atoms with Crippen LogP contribution in [0.4, 0.5) is 0 Å². The Hall–Kier alpha value is -1.91. The number of aromatic nitrogens is 2. The molecule has 2 unspecified atom stereocenters. The van der Waals surface area contributed by atoms with Crippen LogP contribution in [-0.4, -0.2) is 32.4 Å². The summed E-state index contributed by atoms with van der Waals surface area (Å²) in [6, 6.07) is 17.8. The van der Waals surface area contributed by atoms with Gasteiger partial charge in [0.1, 0.15) is 6.33 Å². The Morgan fingerprint density at radius 3 is 2.19 bits per heavy atom. The molecule has 0 aliphatic carbocycles. The minimum absolute atomic E-state index is 0. The van der Waals surface area contributed by atoms with Gasteiger partial charge < -0.3 is 10.2 Å². The average Bonchev–Trinajstić information content (AvgIpc) is 2.61. The van der Waals surface area contributed by atoms with Gasteiger partial charge in [-0.15, -0.1) is 29.7 Å². The van der Waals surface area contributed by atoms with E-state index in [1.165, 1.54) is 16.2 Å². The zero-order valence-electron chi connectivity index (χ0n) is 15.6. The van der Waals surface area contributed by atoms with Gasteiger partial charge in [0.15, 0.2) is 0 Å². The molecule has 2 N–H and O–H groups in total. The summed E-state index contributed by atoms with van der Waals surface area (Å²) in [6.45, 7) is 5.35. The van der Waals surface area contributed by atoms with Crippen molar-refractivity contribution in [1.82, 2.24) is 9.97 Å². The molecule has 143 valence electrons. The molecule has 2 atom stereocenters. The second kappa shape index (κ2) is 9.34. The molecular weight excluding hydrogens is 516 g/mol. The molecule has 0 spiro atoms. The molecule has 4 aromatic rings. The molecule has 27 heavy (non-hydrogen) atoms. The van der Waals surface area contributed by atoms with E-state index in [0.717, 1.165) is 22.0 Å². The van der Waals surface area contributed by atoms with Gasteiger partial charge in [0.05, 0.1) is 12.2 Å². The normalized spacial score (nSPS) is 12.9. The number of benzene rings is 3.